The number of aryl methyl sites for hydroxylation is 1. The summed E-state index contributed by atoms with van der Waals surface area (Å²) in [5, 5.41) is 2.95. The largest absolute Gasteiger partial charge is 0.497 e. The Morgan fingerprint density at radius 2 is 1.97 bits per heavy atom. The van der Waals surface area contributed by atoms with Crippen molar-refractivity contribution in [1.29, 1.82) is 0 Å². The van der Waals surface area contributed by atoms with Gasteiger partial charge in [0.05, 0.1) is 18.4 Å². The molecule has 6 heteroatoms. The van der Waals surface area contributed by atoms with Gasteiger partial charge >= 0.3 is 0 Å². The Morgan fingerprint density at radius 1 is 1.16 bits per heavy atom. The number of aromatic nitrogens is 2. The van der Waals surface area contributed by atoms with E-state index in [0.717, 1.165) is 48.9 Å². The smallest absolute Gasteiger partial charge is 0.254 e. The minimum atomic E-state index is -0.163. The van der Waals surface area contributed by atoms with E-state index < -0.39 is 0 Å². The highest BCUT2D eigenvalue weighted by Crippen LogP contribution is 2.26. The lowest BCUT2D eigenvalue weighted by atomic mass is 10.1. The third kappa shape index (κ3) is 5.27. The Labute approximate surface area is 183 Å². The number of benzene rings is 2. The fourth-order valence-electron chi connectivity index (χ4n) is 3.99. The number of likely N-dealkylation sites (tertiary alicyclic amines) is 1. The predicted octanol–water partition coefficient (Wildman–Crippen LogP) is 3.71. The molecule has 31 heavy (non-hydrogen) atoms. The molecule has 1 unspecified atom stereocenters. The number of nitrogens with zero attached hydrogens (tertiary/aromatic N) is 3. The zero-order valence-electron chi connectivity index (χ0n) is 18.0. The molecule has 2 heterocycles. The molecule has 160 valence electrons. The molecular formula is C25H28N4O2. The van der Waals surface area contributed by atoms with Gasteiger partial charge < -0.3 is 10.1 Å². The van der Waals surface area contributed by atoms with Crippen molar-refractivity contribution in [2.45, 2.75) is 32.4 Å². The van der Waals surface area contributed by atoms with E-state index in [2.05, 4.69) is 44.5 Å². The molecule has 1 atom stereocenters. The highest BCUT2D eigenvalue weighted by atomic mass is 16.5. The molecule has 0 bridgehead atoms. The SMILES string of the molecule is COc1cccc(CNC(=O)c2cnc(C3CCN(Cc4ccccc4)C3)nc2C)c1. The van der Waals surface area contributed by atoms with Gasteiger partial charge in [-0.15, -0.1) is 0 Å². The number of nitrogens with one attached hydrogen (secondary N) is 1. The number of hydrogen-bond acceptors (Lipinski definition) is 5. The van der Waals surface area contributed by atoms with Gasteiger partial charge in [-0.3, -0.25) is 9.69 Å². The minimum absolute atomic E-state index is 0.163. The molecule has 1 aromatic heterocycles. The number of ether oxygens (including phenoxy) is 1. The van der Waals surface area contributed by atoms with Crippen LogP contribution in [0.15, 0.2) is 60.8 Å². The van der Waals surface area contributed by atoms with Crippen molar-refractivity contribution in [1.82, 2.24) is 20.2 Å². The first-order valence-corrected chi connectivity index (χ1v) is 10.6. The summed E-state index contributed by atoms with van der Waals surface area (Å²) in [6.07, 6.45) is 2.70. The van der Waals surface area contributed by atoms with E-state index >= 15 is 0 Å². The molecule has 3 aromatic rings. The van der Waals surface area contributed by atoms with Gasteiger partial charge in [-0.05, 0) is 43.1 Å². The molecule has 0 aliphatic carbocycles. The number of hydrogen-bond donors (Lipinski definition) is 1. The summed E-state index contributed by atoms with van der Waals surface area (Å²) in [4.78, 5) is 24.3. The Kier molecular flexibility index (Phi) is 6.57. The second-order valence-electron chi connectivity index (χ2n) is 7.97. The number of amides is 1. The van der Waals surface area contributed by atoms with Crippen LogP contribution in [0.25, 0.3) is 0 Å². The van der Waals surface area contributed by atoms with Crippen LogP contribution in [0.5, 0.6) is 5.75 Å². The third-order valence-corrected chi connectivity index (χ3v) is 5.72. The molecule has 6 nitrogen and oxygen atoms in total. The van der Waals surface area contributed by atoms with E-state index in [-0.39, 0.29) is 5.91 Å². The fraction of sp³-hybridized carbons (Fsp3) is 0.320. The summed E-state index contributed by atoms with van der Waals surface area (Å²) in [7, 11) is 1.63. The summed E-state index contributed by atoms with van der Waals surface area (Å²) in [6, 6.07) is 18.2. The van der Waals surface area contributed by atoms with Crippen molar-refractivity contribution in [3.05, 3.63) is 89.0 Å². The first-order chi connectivity index (χ1) is 15.1. The molecule has 1 saturated heterocycles. The number of methoxy groups -OCH3 is 1. The van der Waals surface area contributed by atoms with Crippen LogP contribution in [0.1, 0.15) is 45.3 Å². The lowest BCUT2D eigenvalue weighted by Gasteiger charge is -2.16. The third-order valence-electron chi connectivity index (χ3n) is 5.72. The van der Waals surface area contributed by atoms with Gasteiger partial charge in [-0.1, -0.05) is 42.5 Å². The molecule has 4 rings (SSSR count). The van der Waals surface area contributed by atoms with E-state index in [1.54, 1.807) is 13.3 Å². The van der Waals surface area contributed by atoms with Gasteiger partial charge in [0.25, 0.3) is 5.91 Å². The average Bonchev–Trinajstić information content (AvgIpc) is 3.26. The van der Waals surface area contributed by atoms with Crippen molar-refractivity contribution in [2.75, 3.05) is 20.2 Å². The van der Waals surface area contributed by atoms with Crippen LogP contribution in [0.4, 0.5) is 0 Å². The zero-order chi connectivity index (χ0) is 21.6. The molecule has 2 aromatic carbocycles. The second-order valence-corrected chi connectivity index (χ2v) is 7.97. The summed E-state index contributed by atoms with van der Waals surface area (Å²) >= 11 is 0. The fourth-order valence-corrected chi connectivity index (χ4v) is 3.99. The first-order valence-electron chi connectivity index (χ1n) is 10.6. The van der Waals surface area contributed by atoms with Crippen LogP contribution in [0.3, 0.4) is 0 Å². The molecule has 1 amide bonds. The van der Waals surface area contributed by atoms with E-state index in [0.29, 0.717) is 18.0 Å². The standard InChI is InChI=1S/C25H28N4O2/c1-18-23(25(30)27-14-20-9-6-10-22(13-20)31-2)15-26-24(28-18)21-11-12-29(17-21)16-19-7-4-3-5-8-19/h3-10,13,15,21H,11-12,14,16-17H2,1-2H3,(H,27,30). The van der Waals surface area contributed by atoms with Crippen LogP contribution < -0.4 is 10.1 Å². The second kappa shape index (κ2) is 9.71. The summed E-state index contributed by atoms with van der Waals surface area (Å²) in [6.45, 7) is 5.22. The van der Waals surface area contributed by atoms with Crippen molar-refractivity contribution in [3.63, 3.8) is 0 Å². The van der Waals surface area contributed by atoms with Crippen LogP contribution in [-0.4, -0.2) is 41.0 Å². The predicted molar refractivity (Wildman–Crippen MR) is 120 cm³/mol. The van der Waals surface area contributed by atoms with Gasteiger partial charge in [0.2, 0.25) is 0 Å². The maximum Gasteiger partial charge on any atom is 0.254 e. The van der Waals surface area contributed by atoms with Gasteiger partial charge in [-0.25, -0.2) is 9.97 Å². The quantitative estimate of drug-likeness (QED) is 0.636. The Bertz CT molecular complexity index is 1040. The maximum atomic E-state index is 12.7. The molecule has 0 saturated carbocycles. The Balaban J connectivity index is 1.36. The number of carbonyl (C=O) groups is 1. The van der Waals surface area contributed by atoms with E-state index in [4.69, 9.17) is 4.74 Å². The van der Waals surface area contributed by atoms with Crippen molar-refractivity contribution >= 4 is 5.91 Å². The van der Waals surface area contributed by atoms with Gasteiger partial charge in [0.15, 0.2) is 0 Å². The molecule has 1 aliphatic rings. The zero-order valence-corrected chi connectivity index (χ0v) is 18.0. The van der Waals surface area contributed by atoms with Crippen LogP contribution >= 0.6 is 0 Å². The number of carbonyl (C=O) groups excluding carboxylic acids is 1. The molecule has 1 N–H and O–H groups in total. The first kappa shape index (κ1) is 21.0. The van der Waals surface area contributed by atoms with E-state index in [1.165, 1.54) is 5.56 Å². The number of rotatable bonds is 7. The highest BCUT2D eigenvalue weighted by Gasteiger charge is 2.26. The van der Waals surface area contributed by atoms with E-state index in [9.17, 15) is 4.79 Å². The van der Waals surface area contributed by atoms with Crippen LogP contribution in [0, 0.1) is 6.92 Å². The Morgan fingerprint density at radius 3 is 2.74 bits per heavy atom. The van der Waals surface area contributed by atoms with Crippen LogP contribution in [-0.2, 0) is 13.1 Å². The molecule has 0 spiro atoms. The lowest BCUT2D eigenvalue weighted by molar-refractivity contribution is 0.0949. The molecule has 1 fully saturated rings. The van der Waals surface area contributed by atoms with Gasteiger partial charge in [-0.2, -0.15) is 0 Å². The van der Waals surface area contributed by atoms with Gasteiger partial charge in [0, 0.05) is 31.7 Å². The Hall–Kier alpha value is -3.25. The van der Waals surface area contributed by atoms with Crippen molar-refractivity contribution in [3.8, 4) is 5.75 Å². The molecule has 1 aliphatic heterocycles. The van der Waals surface area contributed by atoms with Crippen LogP contribution in [0.2, 0.25) is 0 Å². The lowest BCUT2D eigenvalue weighted by Crippen LogP contribution is -2.25. The normalized spacial score (nSPS) is 16.3. The monoisotopic (exact) mass is 416 g/mol. The topological polar surface area (TPSA) is 67.3 Å². The molecule has 0 radical (unpaired) electrons. The maximum absolute atomic E-state index is 12.7. The minimum Gasteiger partial charge on any atom is -0.497 e. The van der Waals surface area contributed by atoms with Crippen molar-refractivity contribution in [2.24, 2.45) is 0 Å². The highest BCUT2D eigenvalue weighted by molar-refractivity contribution is 5.94. The molecular weight excluding hydrogens is 388 g/mol. The summed E-state index contributed by atoms with van der Waals surface area (Å²) < 4.78 is 5.23. The van der Waals surface area contributed by atoms with E-state index in [1.807, 2.05) is 37.3 Å². The summed E-state index contributed by atoms with van der Waals surface area (Å²) in [5.41, 5.74) is 3.54. The summed E-state index contributed by atoms with van der Waals surface area (Å²) in [5.74, 6) is 1.74. The van der Waals surface area contributed by atoms with Gasteiger partial charge in [0.1, 0.15) is 11.6 Å². The van der Waals surface area contributed by atoms with Crippen molar-refractivity contribution < 1.29 is 9.53 Å². The average molecular weight is 417 g/mol.